The summed E-state index contributed by atoms with van der Waals surface area (Å²) in [6, 6.07) is 12.4. The number of hydrogen-bond donors (Lipinski definition) is 1. The van der Waals surface area contributed by atoms with E-state index in [2.05, 4.69) is 4.98 Å². The zero-order chi connectivity index (χ0) is 15.7. The van der Waals surface area contributed by atoms with Crippen LogP contribution in [0, 0.1) is 5.82 Å². The third-order valence-electron chi connectivity index (χ3n) is 3.05. The van der Waals surface area contributed by atoms with Crippen LogP contribution in [0.3, 0.4) is 0 Å². The number of hydrogen-bond acceptors (Lipinski definition) is 4. The van der Waals surface area contributed by atoms with Gasteiger partial charge in [0.1, 0.15) is 10.7 Å². The van der Waals surface area contributed by atoms with Gasteiger partial charge in [-0.15, -0.1) is 0 Å². The van der Waals surface area contributed by atoms with Gasteiger partial charge in [-0.25, -0.2) is 9.37 Å². The lowest BCUT2D eigenvalue weighted by atomic mass is 10.1. The first-order chi connectivity index (χ1) is 10.5. The average molecular weight is 333 g/mol. The quantitative estimate of drug-likeness (QED) is 0.722. The average Bonchev–Trinajstić information content (AvgIpc) is 2.89. The maximum Gasteiger partial charge on any atom is 0.205 e. The number of benzene rings is 2. The smallest absolute Gasteiger partial charge is 0.205 e. The molecular weight excluding hydrogens is 323 g/mol. The monoisotopic (exact) mass is 332 g/mol. The van der Waals surface area contributed by atoms with Crippen LogP contribution in [-0.4, -0.2) is 10.8 Å². The topological polar surface area (TPSA) is 56.0 Å². The predicted octanol–water partition coefficient (Wildman–Crippen LogP) is 4.42. The van der Waals surface area contributed by atoms with Gasteiger partial charge >= 0.3 is 0 Å². The zero-order valence-corrected chi connectivity index (χ0v) is 12.8. The van der Waals surface area contributed by atoms with Crippen molar-refractivity contribution in [3.05, 3.63) is 69.8 Å². The molecule has 2 N–H and O–H groups in total. The van der Waals surface area contributed by atoms with Gasteiger partial charge in [0, 0.05) is 16.1 Å². The van der Waals surface area contributed by atoms with Crippen LogP contribution >= 0.6 is 22.9 Å². The number of halogens is 2. The van der Waals surface area contributed by atoms with E-state index in [1.165, 1.54) is 24.3 Å². The van der Waals surface area contributed by atoms with E-state index in [1.807, 2.05) is 6.07 Å². The molecule has 0 spiro atoms. The minimum atomic E-state index is -0.393. The minimum absolute atomic E-state index is 0.246. The molecule has 0 bridgehead atoms. The molecule has 22 heavy (non-hydrogen) atoms. The molecule has 1 heterocycles. The second-order valence-electron chi connectivity index (χ2n) is 4.58. The van der Waals surface area contributed by atoms with Gasteiger partial charge in [0.05, 0.1) is 5.69 Å². The molecule has 3 nitrogen and oxygen atoms in total. The summed E-state index contributed by atoms with van der Waals surface area (Å²) in [5.41, 5.74) is 7.34. The second kappa shape index (κ2) is 5.87. The number of aromatic nitrogens is 1. The van der Waals surface area contributed by atoms with E-state index in [0.29, 0.717) is 31.9 Å². The number of carbonyl (C=O) groups excluding carboxylic acids is 1. The van der Waals surface area contributed by atoms with Crippen LogP contribution in [0.1, 0.15) is 15.2 Å². The molecule has 110 valence electrons. The van der Waals surface area contributed by atoms with Gasteiger partial charge < -0.3 is 5.73 Å². The Morgan fingerprint density at radius 2 is 1.91 bits per heavy atom. The summed E-state index contributed by atoms with van der Waals surface area (Å²) in [4.78, 5) is 17.2. The van der Waals surface area contributed by atoms with E-state index in [0.717, 1.165) is 11.3 Å². The molecule has 0 unspecified atom stereocenters. The van der Waals surface area contributed by atoms with Crippen LogP contribution < -0.4 is 5.73 Å². The molecule has 3 aromatic rings. The molecule has 0 atom stereocenters. The summed E-state index contributed by atoms with van der Waals surface area (Å²) < 4.78 is 13.0. The third kappa shape index (κ3) is 2.86. The lowest BCUT2D eigenvalue weighted by molar-refractivity contribution is 0.104. The normalized spacial score (nSPS) is 10.6. The second-order valence-corrected chi connectivity index (χ2v) is 6.04. The summed E-state index contributed by atoms with van der Waals surface area (Å²) in [6.45, 7) is 0. The van der Waals surface area contributed by atoms with Crippen molar-refractivity contribution in [2.24, 2.45) is 0 Å². The third-order valence-corrected chi connectivity index (χ3v) is 4.17. The lowest BCUT2D eigenvalue weighted by Crippen LogP contribution is -2.01. The van der Waals surface area contributed by atoms with Crippen molar-refractivity contribution < 1.29 is 9.18 Å². The van der Waals surface area contributed by atoms with E-state index < -0.39 is 5.82 Å². The highest BCUT2D eigenvalue weighted by atomic mass is 35.5. The van der Waals surface area contributed by atoms with Gasteiger partial charge in [-0.1, -0.05) is 35.1 Å². The first kappa shape index (κ1) is 14.7. The van der Waals surface area contributed by atoms with Gasteiger partial charge in [-0.05, 0) is 36.4 Å². The molecule has 0 saturated heterocycles. The lowest BCUT2D eigenvalue weighted by Gasteiger charge is -2.03. The van der Waals surface area contributed by atoms with Gasteiger partial charge in [0.15, 0.2) is 5.13 Å². The van der Waals surface area contributed by atoms with Crippen LogP contribution in [0.4, 0.5) is 9.52 Å². The van der Waals surface area contributed by atoms with Crippen molar-refractivity contribution in [1.29, 1.82) is 0 Å². The van der Waals surface area contributed by atoms with E-state index in [4.69, 9.17) is 17.3 Å². The number of nitrogens with zero attached hydrogens (tertiary/aromatic N) is 1. The first-order valence-corrected chi connectivity index (χ1v) is 7.56. The van der Waals surface area contributed by atoms with Crippen molar-refractivity contribution in [1.82, 2.24) is 4.98 Å². The highest BCUT2D eigenvalue weighted by Crippen LogP contribution is 2.32. The number of ketones is 1. The predicted molar refractivity (Wildman–Crippen MR) is 86.8 cm³/mol. The number of carbonyl (C=O) groups is 1. The largest absolute Gasteiger partial charge is 0.375 e. The molecule has 0 radical (unpaired) electrons. The van der Waals surface area contributed by atoms with E-state index in [-0.39, 0.29) is 5.78 Å². The molecule has 0 aliphatic heterocycles. The summed E-state index contributed by atoms with van der Waals surface area (Å²) in [7, 11) is 0. The van der Waals surface area contributed by atoms with Gasteiger partial charge in [0.25, 0.3) is 0 Å². The fourth-order valence-corrected chi connectivity index (χ4v) is 3.06. The molecule has 2 aromatic carbocycles. The van der Waals surface area contributed by atoms with Crippen molar-refractivity contribution >= 4 is 33.9 Å². The number of rotatable bonds is 3. The molecule has 0 saturated carbocycles. The standard InChI is InChI=1S/C16H10ClFN2OS/c17-11-3-1-2-10(8-11)13-15(22-16(19)20-13)14(21)9-4-6-12(18)7-5-9/h1-8H,(H2,19,20). The van der Waals surface area contributed by atoms with Gasteiger partial charge in [-0.3, -0.25) is 4.79 Å². The Hall–Kier alpha value is -2.24. The van der Waals surface area contributed by atoms with Crippen LogP contribution in [0.15, 0.2) is 48.5 Å². The van der Waals surface area contributed by atoms with Crippen molar-refractivity contribution in [3.8, 4) is 11.3 Å². The molecule has 0 aliphatic rings. The number of nitrogen functional groups attached to an aromatic ring is 1. The number of nitrogens with two attached hydrogens (primary N) is 1. The van der Waals surface area contributed by atoms with Crippen molar-refractivity contribution in [3.63, 3.8) is 0 Å². The van der Waals surface area contributed by atoms with Crippen LogP contribution in [0.2, 0.25) is 5.02 Å². The van der Waals surface area contributed by atoms with Crippen molar-refractivity contribution in [2.75, 3.05) is 5.73 Å². The summed E-state index contributed by atoms with van der Waals surface area (Å²) in [5, 5.41) is 0.838. The Balaban J connectivity index is 2.08. The Bertz CT molecular complexity index is 846. The molecule has 0 fully saturated rings. The Morgan fingerprint density at radius 1 is 1.18 bits per heavy atom. The highest BCUT2D eigenvalue weighted by Gasteiger charge is 2.20. The van der Waals surface area contributed by atoms with E-state index >= 15 is 0 Å². The molecule has 0 amide bonds. The fraction of sp³-hybridized carbons (Fsp3) is 0. The van der Waals surface area contributed by atoms with Gasteiger partial charge in [0.2, 0.25) is 5.78 Å². The summed E-state index contributed by atoms with van der Waals surface area (Å²) >= 11 is 7.09. The van der Waals surface area contributed by atoms with Crippen LogP contribution in [0.25, 0.3) is 11.3 Å². The van der Waals surface area contributed by atoms with Crippen LogP contribution in [0.5, 0.6) is 0 Å². The first-order valence-electron chi connectivity index (χ1n) is 6.37. The van der Waals surface area contributed by atoms with E-state index in [1.54, 1.807) is 18.2 Å². The molecule has 6 heteroatoms. The summed E-state index contributed by atoms with van der Waals surface area (Å²) in [6.07, 6.45) is 0. The number of thiazole rings is 1. The number of anilines is 1. The SMILES string of the molecule is Nc1nc(-c2cccc(Cl)c2)c(C(=O)c2ccc(F)cc2)s1. The van der Waals surface area contributed by atoms with Gasteiger partial charge in [-0.2, -0.15) is 0 Å². The molecular formula is C16H10ClFN2OS. The maximum atomic E-state index is 13.0. The fourth-order valence-electron chi connectivity index (χ4n) is 2.05. The van der Waals surface area contributed by atoms with Crippen molar-refractivity contribution in [2.45, 2.75) is 0 Å². The molecule has 3 rings (SSSR count). The summed E-state index contributed by atoms with van der Waals surface area (Å²) in [5.74, 6) is -0.639. The zero-order valence-electron chi connectivity index (χ0n) is 11.2. The Labute approximate surface area is 135 Å². The Morgan fingerprint density at radius 3 is 2.59 bits per heavy atom. The molecule has 1 aromatic heterocycles. The highest BCUT2D eigenvalue weighted by molar-refractivity contribution is 7.18. The van der Waals surface area contributed by atoms with Crippen LogP contribution in [-0.2, 0) is 0 Å². The minimum Gasteiger partial charge on any atom is -0.375 e. The Kier molecular flexibility index (Phi) is 3.92. The maximum absolute atomic E-state index is 13.0. The van der Waals surface area contributed by atoms with E-state index in [9.17, 15) is 9.18 Å². The molecule has 0 aliphatic carbocycles.